The Kier molecular flexibility index (Phi) is 54.0. The Morgan fingerprint density at radius 1 is 0.382 bits per heavy atom. The van der Waals surface area contributed by atoms with Gasteiger partial charge in [-0.3, -0.25) is 23.4 Å². The molecule has 0 heterocycles. The van der Waals surface area contributed by atoms with E-state index in [9.17, 15) is 28.9 Å². The van der Waals surface area contributed by atoms with Crippen molar-refractivity contribution in [1.29, 1.82) is 0 Å². The maximum atomic E-state index is 12.9. The molecule has 12 heteroatoms. The Balaban J connectivity index is 4.74. The molecule has 11 nitrogen and oxygen atoms in total. The number of carbonyl (C=O) groups excluding carboxylic acids is 3. The molecule has 0 aliphatic heterocycles. The number of ether oxygens (including phenoxy) is 3. The van der Waals surface area contributed by atoms with Gasteiger partial charge in [-0.1, -0.05) is 206 Å². The van der Waals surface area contributed by atoms with Crippen LogP contribution in [0.15, 0.2) is 122 Å². The highest BCUT2D eigenvalue weighted by Crippen LogP contribution is 2.43. The molecule has 0 saturated heterocycles. The van der Waals surface area contributed by atoms with Crippen molar-refractivity contribution in [3.63, 3.8) is 0 Å². The van der Waals surface area contributed by atoms with E-state index in [2.05, 4.69) is 142 Å². The van der Waals surface area contributed by atoms with Crippen LogP contribution in [0.3, 0.4) is 0 Å². The second-order valence-electron chi connectivity index (χ2n) is 19.0. The Morgan fingerprint density at radius 2 is 0.684 bits per heavy atom. The van der Waals surface area contributed by atoms with Gasteiger partial charge < -0.3 is 24.2 Å². The summed E-state index contributed by atoms with van der Waals surface area (Å²) < 4.78 is 39.5. The first-order valence-corrected chi connectivity index (χ1v) is 30.9. The fourth-order valence-corrected chi connectivity index (χ4v) is 8.20. The molecule has 0 bridgehead atoms. The zero-order chi connectivity index (χ0) is 55.5. The Bertz CT molecular complexity index is 1740. The van der Waals surface area contributed by atoms with Gasteiger partial charge in [0.2, 0.25) is 0 Å². The Morgan fingerprint density at radius 3 is 1.08 bits per heavy atom. The lowest BCUT2D eigenvalue weighted by molar-refractivity contribution is -0.161. The standard InChI is InChI=1S/C64H105O11P/c1-4-7-10-13-16-19-22-24-26-28-30-32-34-36-39-42-45-48-51-54-63(67)74-60(56-65)58-72-76(69,70)73-59-61(57-71-62(66)53-50-47-44-41-38-21-18-15-12-9-6-3)75-64(68)55-52-49-46-43-40-37-35-33-31-29-27-25-23-20-17-14-11-8-5-2/h7-8,10-11,15-20,24-27,30-33,37,40,60-61,65H,4-6,9,12-14,21-23,28-29,34-36,38-39,41-59H2,1-3H3,(H,69,70)/b10-7-,11-8-,18-15-,19-16-,20-17-,26-24-,27-25-,32-30-,33-31-,40-37-. The molecule has 0 saturated carbocycles. The van der Waals surface area contributed by atoms with Crippen molar-refractivity contribution >= 4 is 25.7 Å². The number of phosphoric ester groups is 1. The predicted octanol–water partition coefficient (Wildman–Crippen LogP) is 17.6. The van der Waals surface area contributed by atoms with E-state index in [4.69, 9.17) is 23.3 Å². The molecule has 432 valence electrons. The molecule has 76 heavy (non-hydrogen) atoms. The van der Waals surface area contributed by atoms with Crippen LogP contribution in [-0.4, -0.2) is 66.5 Å². The Labute approximate surface area is 462 Å². The van der Waals surface area contributed by atoms with Crippen LogP contribution < -0.4 is 0 Å². The highest BCUT2D eigenvalue weighted by Gasteiger charge is 2.28. The number of hydrogen-bond acceptors (Lipinski definition) is 10. The second-order valence-corrected chi connectivity index (χ2v) is 20.5. The number of allylic oxidation sites excluding steroid dienone is 20. The monoisotopic (exact) mass is 1080 g/mol. The first-order valence-electron chi connectivity index (χ1n) is 29.4. The number of carbonyl (C=O) groups is 3. The maximum absolute atomic E-state index is 12.9. The molecule has 0 amide bonds. The second kappa shape index (κ2) is 57.1. The summed E-state index contributed by atoms with van der Waals surface area (Å²) in [4.78, 5) is 48.5. The summed E-state index contributed by atoms with van der Waals surface area (Å²) in [5.41, 5.74) is 0. The van der Waals surface area contributed by atoms with Gasteiger partial charge >= 0.3 is 25.7 Å². The molecule has 0 aromatic heterocycles. The maximum Gasteiger partial charge on any atom is 0.472 e. The molecular weight excluding hydrogens is 976 g/mol. The van der Waals surface area contributed by atoms with E-state index in [-0.39, 0.29) is 25.9 Å². The molecule has 0 aromatic rings. The third kappa shape index (κ3) is 54.7. The van der Waals surface area contributed by atoms with Crippen molar-refractivity contribution in [2.45, 2.75) is 238 Å². The van der Waals surface area contributed by atoms with Crippen LogP contribution in [0.25, 0.3) is 0 Å². The summed E-state index contributed by atoms with van der Waals surface area (Å²) in [6.45, 7) is 4.30. The fraction of sp³-hybridized carbons (Fsp3) is 0.641. The van der Waals surface area contributed by atoms with Gasteiger partial charge in [-0.15, -0.1) is 0 Å². The van der Waals surface area contributed by atoms with E-state index in [1.54, 1.807) is 0 Å². The van der Waals surface area contributed by atoms with Gasteiger partial charge in [0.25, 0.3) is 0 Å². The molecule has 0 aromatic carbocycles. The summed E-state index contributed by atoms with van der Waals surface area (Å²) in [5.74, 6) is -1.54. The summed E-state index contributed by atoms with van der Waals surface area (Å²) in [6.07, 6.45) is 70.1. The fourth-order valence-electron chi connectivity index (χ4n) is 7.41. The number of aliphatic hydroxyl groups is 1. The summed E-state index contributed by atoms with van der Waals surface area (Å²) in [5, 5.41) is 9.83. The Hall–Kier alpha value is -4.12. The van der Waals surface area contributed by atoms with Crippen LogP contribution in [0.4, 0.5) is 0 Å². The molecule has 0 aliphatic carbocycles. The summed E-state index contributed by atoms with van der Waals surface area (Å²) >= 11 is 0. The average molecular weight is 1080 g/mol. The number of hydrogen-bond donors (Lipinski definition) is 2. The smallest absolute Gasteiger partial charge is 0.462 e. The van der Waals surface area contributed by atoms with Crippen molar-refractivity contribution in [2.24, 2.45) is 0 Å². The van der Waals surface area contributed by atoms with Gasteiger partial charge in [-0.25, -0.2) is 4.57 Å². The van der Waals surface area contributed by atoms with E-state index in [1.165, 1.54) is 12.8 Å². The first-order chi connectivity index (χ1) is 37.2. The summed E-state index contributed by atoms with van der Waals surface area (Å²) in [7, 11) is -4.77. The van der Waals surface area contributed by atoms with Crippen molar-refractivity contribution in [3.05, 3.63) is 122 Å². The number of rotatable bonds is 53. The van der Waals surface area contributed by atoms with Crippen LogP contribution in [0.5, 0.6) is 0 Å². The van der Waals surface area contributed by atoms with Crippen LogP contribution in [0.2, 0.25) is 0 Å². The van der Waals surface area contributed by atoms with Crippen LogP contribution in [-0.2, 0) is 42.2 Å². The van der Waals surface area contributed by atoms with Gasteiger partial charge in [-0.2, -0.15) is 0 Å². The SMILES string of the molecule is CC/C=C\C/C=C\C/C=C\C/C=C\C/C=C\CCCCCC(=O)OC(COC(=O)CCCCCCC/C=C\CCCC)COP(=O)(O)OCC(CO)OC(=O)CCCCCCCC/C=C\C/C=C\C/C=C\C/C=C\CC. The van der Waals surface area contributed by atoms with Crippen molar-refractivity contribution in [3.8, 4) is 0 Å². The minimum atomic E-state index is -4.77. The number of unbranched alkanes of at least 4 members (excludes halogenated alkanes) is 16. The lowest BCUT2D eigenvalue weighted by Crippen LogP contribution is -2.30. The van der Waals surface area contributed by atoms with Gasteiger partial charge in [0.15, 0.2) is 6.10 Å². The molecule has 3 atom stereocenters. The zero-order valence-corrected chi connectivity index (χ0v) is 48.6. The number of phosphoric acid groups is 1. The molecule has 0 radical (unpaired) electrons. The third-order valence-corrected chi connectivity index (χ3v) is 12.8. The highest BCUT2D eigenvalue weighted by molar-refractivity contribution is 7.47. The third-order valence-electron chi connectivity index (χ3n) is 11.8. The van der Waals surface area contributed by atoms with Gasteiger partial charge in [0, 0.05) is 19.3 Å². The van der Waals surface area contributed by atoms with Gasteiger partial charge in [0.05, 0.1) is 19.8 Å². The molecule has 0 fully saturated rings. The van der Waals surface area contributed by atoms with E-state index in [1.807, 2.05) is 0 Å². The van der Waals surface area contributed by atoms with Crippen LogP contribution in [0, 0.1) is 0 Å². The van der Waals surface area contributed by atoms with E-state index < -0.39 is 57.8 Å². The number of aliphatic hydroxyl groups excluding tert-OH is 1. The molecule has 0 aliphatic rings. The topological polar surface area (TPSA) is 155 Å². The molecule has 0 rings (SSSR count). The lowest BCUT2D eigenvalue weighted by atomic mass is 10.1. The van der Waals surface area contributed by atoms with Crippen molar-refractivity contribution in [1.82, 2.24) is 0 Å². The molecular formula is C64H105O11P. The largest absolute Gasteiger partial charge is 0.472 e. The van der Waals surface area contributed by atoms with Gasteiger partial charge in [0.1, 0.15) is 12.7 Å². The van der Waals surface area contributed by atoms with E-state index >= 15 is 0 Å². The van der Waals surface area contributed by atoms with Gasteiger partial charge in [-0.05, 0) is 122 Å². The van der Waals surface area contributed by atoms with Crippen molar-refractivity contribution < 1.29 is 52.2 Å². The first kappa shape index (κ1) is 71.9. The predicted molar refractivity (Wildman–Crippen MR) is 316 cm³/mol. The number of esters is 3. The quantitative estimate of drug-likeness (QED) is 0.0197. The average Bonchev–Trinajstić information content (AvgIpc) is 3.41. The van der Waals surface area contributed by atoms with Crippen molar-refractivity contribution in [2.75, 3.05) is 26.4 Å². The zero-order valence-electron chi connectivity index (χ0n) is 47.7. The lowest BCUT2D eigenvalue weighted by Gasteiger charge is -2.21. The highest BCUT2D eigenvalue weighted by atomic mass is 31.2. The molecule has 2 N–H and O–H groups in total. The normalized spacial score (nSPS) is 14.2. The van der Waals surface area contributed by atoms with Crippen LogP contribution in [0.1, 0.15) is 226 Å². The van der Waals surface area contributed by atoms with Crippen LogP contribution >= 0.6 is 7.82 Å². The van der Waals surface area contributed by atoms with E-state index in [0.29, 0.717) is 19.3 Å². The molecule has 3 unspecified atom stereocenters. The minimum Gasteiger partial charge on any atom is -0.462 e. The minimum absolute atomic E-state index is 0.120. The van der Waals surface area contributed by atoms with E-state index in [0.717, 1.165) is 154 Å². The molecule has 0 spiro atoms. The summed E-state index contributed by atoms with van der Waals surface area (Å²) in [6, 6.07) is 0.